The molecule has 3 rings (SSSR count). The zero-order chi connectivity index (χ0) is 16.2. The van der Waals surface area contributed by atoms with Crippen LogP contribution in [0.2, 0.25) is 0 Å². The van der Waals surface area contributed by atoms with Gasteiger partial charge in [-0.1, -0.05) is 12.1 Å². The number of likely N-dealkylation sites (tertiary alicyclic amines) is 1. The second-order valence-electron chi connectivity index (χ2n) is 5.56. The molecule has 0 aliphatic carbocycles. The number of hydrogen-bond acceptors (Lipinski definition) is 4. The van der Waals surface area contributed by atoms with Crippen molar-refractivity contribution in [2.45, 2.75) is 25.3 Å². The Hall–Kier alpha value is -2.63. The third-order valence-electron chi connectivity index (χ3n) is 4.11. The molecule has 0 saturated carbocycles. The van der Waals surface area contributed by atoms with Crippen molar-refractivity contribution in [1.29, 1.82) is 0 Å². The average molecular weight is 313 g/mol. The highest BCUT2D eigenvalue weighted by molar-refractivity contribution is 5.86. The standard InChI is InChI=1S/C17H19N3O3/c1-23-17(22)15-4-2-10-19(15)16(21)12-13-5-7-14(8-6-13)20-11-3-9-18-20/h3,5-9,11,15H,2,4,10,12H2,1H3/t15-/m1/s1. The predicted molar refractivity (Wildman–Crippen MR) is 84.0 cm³/mol. The van der Waals surface area contributed by atoms with Gasteiger partial charge < -0.3 is 9.64 Å². The van der Waals surface area contributed by atoms with Gasteiger partial charge >= 0.3 is 5.97 Å². The molecule has 0 N–H and O–H groups in total. The Labute approximate surface area is 134 Å². The fourth-order valence-corrected chi connectivity index (χ4v) is 2.91. The maximum atomic E-state index is 12.5. The van der Waals surface area contributed by atoms with Gasteiger partial charge in [-0.3, -0.25) is 4.79 Å². The van der Waals surface area contributed by atoms with E-state index in [1.807, 2.05) is 36.5 Å². The molecule has 1 aromatic heterocycles. The van der Waals surface area contributed by atoms with E-state index < -0.39 is 6.04 Å². The van der Waals surface area contributed by atoms with E-state index in [9.17, 15) is 9.59 Å². The van der Waals surface area contributed by atoms with Crippen molar-refractivity contribution >= 4 is 11.9 Å². The summed E-state index contributed by atoms with van der Waals surface area (Å²) in [5.41, 5.74) is 1.86. The molecule has 6 nitrogen and oxygen atoms in total. The van der Waals surface area contributed by atoms with Crippen LogP contribution in [0, 0.1) is 0 Å². The average Bonchev–Trinajstić information content (AvgIpc) is 3.26. The van der Waals surface area contributed by atoms with Crippen LogP contribution in [0.4, 0.5) is 0 Å². The van der Waals surface area contributed by atoms with E-state index in [2.05, 4.69) is 5.10 Å². The number of carbonyl (C=O) groups excluding carboxylic acids is 2. The van der Waals surface area contributed by atoms with E-state index in [0.717, 1.165) is 17.7 Å². The Morgan fingerprint density at radius 2 is 2.09 bits per heavy atom. The maximum Gasteiger partial charge on any atom is 0.328 e. The molecule has 1 aliphatic rings. The van der Waals surface area contributed by atoms with Crippen LogP contribution in [-0.4, -0.2) is 46.3 Å². The van der Waals surface area contributed by atoms with Gasteiger partial charge in [0.2, 0.25) is 5.91 Å². The summed E-state index contributed by atoms with van der Waals surface area (Å²) in [6, 6.07) is 9.11. The summed E-state index contributed by atoms with van der Waals surface area (Å²) in [6.45, 7) is 0.615. The van der Waals surface area contributed by atoms with Gasteiger partial charge in [0.15, 0.2) is 0 Å². The summed E-state index contributed by atoms with van der Waals surface area (Å²) in [4.78, 5) is 25.8. The molecular formula is C17H19N3O3. The first kappa shape index (κ1) is 15.3. The molecule has 1 atom stereocenters. The molecule has 120 valence electrons. The third-order valence-corrected chi connectivity index (χ3v) is 4.11. The van der Waals surface area contributed by atoms with Gasteiger partial charge in [-0.2, -0.15) is 5.10 Å². The molecule has 0 bridgehead atoms. The Bertz CT molecular complexity index is 680. The van der Waals surface area contributed by atoms with E-state index >= 15 is 0 Å². The first-order valence-corrected chi connectivity index (χ1v) is 7.65. The minimum atomic E-state index is -0.434. The lowest BCUT2D eigenvalue weighted by Crippen LogP contribution is -2.41. The molecule has 1 aromatic carbocycles. The first-order valence-electron chi connectivity index (χ1n) is 7.65. The van der Waals surface area contributed by atoms with Crippen LogP contribution >= 0.6 is 0 Å². The van der Waals surface area contributed by atoms with Crippen LogP contribution < -0.4 is 0 Å². The van der Waals surface area contributed by atoms with Crippen molar-refractivity contribution in [3.63, 3.8) is 0 Å². The minimum Gasteiger partial charge on any atom is -0.467 e. The van der Waals surface area contributed by atoms with Crippen LogP contribution in [-0.2, 0) is 20.7 Å². The van der Waals surface area contributed by atoms with Gasteiger partial charge in [0, 0.05) is 18.9 Å². The van der Waals surface area contributed by atoms with Crippen LogP contribution in [0.15, 0.2) is 42.7 Å². The molecule has 2 heterocycles. The van der Waals surface area contributed by atoms with E-state index in [1.165, 1.54) is 7.11 Å². The zero-order valence-electron chi connectivity index (χ0n) is 13.0. The molecule has 0 unspecified atom stereocenters. The quantitative estimate of drug-likeness (QED) is 0.804. The lowest BCUT2D eigenvalue weighted by atomic mass is 10.1. The van der Waals surface area contributed by atoms with Gasteiger partial charge in [-0.15, -0.1) is 0 Å². The smallest absolute Gasteiger partial charge is 0.328 e. The number of methoxy groups -OCH3 is 1. The largest absolute Gasteiger partial charge is 0.467 e. The topological polar surface area (TPSA) is 64.4 Å². The predicted octanol–water partition coefficient (Wildman–Crippen LogP) is 1.58. The van der Waals surface area contributed by atoms with Crippen molar-refractivity contribution in [1.82, 2.24) is 14.7 Å². The van der Waals surface area contributed by atoms with Crippen molar-refractivity contribution in [2.24, 2.45) is 0 Å². The van der Waals surface area contributed by atoms with Crippen molar-refractivity contribution in [3.05, 3.63) is 48.3 Å². The number of benzene rings is 1. The van der Waals surface area contributed by atoms with Crippen molar-refractivity contribution in [2.75, 3.05) is 13.7 Å². The summed E-state index contributed by atoms with van der Waals surface area (Å²) in [5.74, 6) is -0.366. The van der Waals surface area contributed by atoms with E-state index in [-0.39, 0.29) is 18.3 Å². The van der Waals surface area contributed by atoms with Gasteiger partial charge in [0.1, 0.15) is 6.04 Å². The van der Waals surface area contributed by atoms with Gasteiger partial charge in [-0.25, -0.2) is 9.48 Å². The summed E-state index contributed by atoms with van der Waals surface area (Å²) in [6.07, 6.45) is 5.39. The number of hydrogen-bond donors (Lipinski definition) is 0. The molecule has 1 saturated heterocycles. The second kappa shape index (κ2) is 6.64. The molecule has 23 heavy (non-hydrogen) atoms. The maximum absolute atomic E-state index is 12.5. The van der Waals surface area contributed by atoms with Crippen molar-refractivity contribution in [3.8, 4) is 5.69 Å². The van der Waals surface area contributed by atoms with Gasteiger partial charge in [0.25, 0.3) is 0 Å². The van der Waals surface area contributed by atoms with Crippen molar-refractivity contribution < 1.29 is 14.3 Å². The number of esters is 1. The van der Waals surface area contributed by atoms with Crippen LogP contribution in [0.3, 0.4) is 0 Å². The molecule has 0 spiro atoms. The fraction of sp³-hybridized carbons (Fsp3) is 0.353. The number of amides is 1. The molecule has 1 fully saturated rings. The summed E-state index contributed by atoms with van der Waals surface area (Å²) in [5, 5.41) is 4.17. The highest BCUT2D eigenvalue weighted by atomic mass is 16.5. The van der Waals surface area contributed by atoms with E-state index in [4.69, 9.17) is 4.74 Å². The third kappa shape index (κ3) is 3.26. The number of ether oxygens (including phenoxy) is 1. The Morgan fingerprint density at radius 1 is 1.30 bits per heavy atom. The summed E-state index contributed by atoms with van der Waals surface area (Å²) < 4.78 is 6.54. The molecule has 2 aromatic rings. The highest BCUT2D eigenvalue weighted by Gasteiger charge is 2.34. The van der Waals surface area contributed by atoms with E-state index in [1.54, 1.807) is 15.8 Å². The number of aromatic nitrogens is 2. The normalized spacial score (nSPS) is 17.3. The molecule has 0 radical (unpaired) electrons. The van der Waals surface area contributed by atoms with Crippen LogP contribution in [0.5, 0.6) is 0 Å². The zero-order valence-corrected chi connectivity index (χ0v) is 13.0. The van der Waals surface area contributed by atoms with Gasteiger partial charge in [-0.05, 0) is 36.6 Å². The monoisotopic (exact) mass is 313 g/mol. The lowest BCUT2D eigenvalue weighted by Gasteiger charge is -2.22. The molecule has 1 aliphatic heterocycles. The Kier molecular flexibility index (Phi) is 4.41. The van der Waals surface area contributed by atoms with Crippen LogP contribution in [0.1, 0.15) is 18.4 Å². The Morgan fingerprint density at radius 3 is 2.74 bits per heavy atom. The Balaban J connectivity index is 1.67. The van der Waals surface area contributed by atoms with Crippen LogP contribution in [0.25, 0.3) is 5.69 Å². The number of carbonyl (C=O) groups is 2. The minimum absolute atomic E-state index is 0.0373. The lowest BCUT2D eigenvalue weighted by molar-refractivity contribution is -0.150. The fourth-order valence-electron chi connectivity index (χ4n) is 2.91. The molecule has 6 heteroatoms. The SMILES string of the molecule is COC(=O)[C@H]1CCCN1C(=O)Cc1ccc(-n2cccn2)cc1. The second-order valence-corrected chi connectivity index (χ2v) is 5.56. The molecule has 1 amide bonds. The summed E-state index contributed by atoms with van der Waals surface area (Å²) in [7, 11) is 1.36. The number of rotatable bonds is 4. The van der Waals surface area contributed by atoms with E-state index in [0.29, 0.717) is 13.0 Å². The first-order chi connectivity index (χ1) is 11.2. The number of nitrogens with zero attached hydrogens (tertiary/aromatic N) is 3. The summed E-state index contributed by atoms with van der Waals surface area (Å²) >= 11 is 0. The highest BCUT2D eigenvalue weighted by Crippen LogP contribution is 2.20. The molecular weight excluding hydrogens is 294 g/mol. The van der Waals surface area contributed by atoms with Gasteiger partial charge in [0.05, 0.1) is 19.2 Å².